The van der Waals surface area contributed by atoms with Gasteiger partial charge in [0.05, 0.1) is 0 Å². The van der Waals surface area contributed by atoms with E-state index in [0.29, 0.717) is 0 Å². The maximum atomic E-state index is 7.72. The Hall–Kier alpha value is 0.370. The molecule has 1 saturated heterocycles. The summed E-state index contributed by atoms with van der Waals surface area (Å²) in [5.41, 5.74) is 1.00. The topological polar surface area (TPSA) is 23.9 Å². The third kappa shape index (κ3) is 2.93. The molecule has 0 radical (unpaired) electrons. The zero-order valence-electron chi connectivity index (χ0n) is 8.63. The van der Waals surface area contributed by atoms with E-state index < -0.39 is 0 Å². The van der Waals surface area contributed by atoms with Gasteiger partial charge in [-0.2, -0.15) is 23.5 Å². The van der Waals surface area contributed by atoms with Crippen molar-refractivity contribution in [1.29, 1.82) is 5.41 Å². The van der Waals surface area contributed by atoms with Crippen molar-refractivity contribution in [2.24, 2.45) is 5.92 Å². The van der Waals surface area contributed by atoms with Crippen LogP contribution in [0.4, 0.5) is 0 Å². The van der Waals surface area contributed by atoms with Crippen molar-refractivity contribution in [1.82, 2.24) is 0 Å². The fourth-order valence-corrected chi connectivity index (χ4v) is 5.40. The Morgan fingerprint density at radius 1 is 1.14 bits per heavy atom. The van der Waals surface area contributed by atoms with Gasteiger partial charge in [0.25, 0.3) is 0 Å². The third-order valence-corrected chi connectivity index (χ3v) is 6.21. The number of rotatable bonds is 1. The molecule has 0 bridgehead atoms. The van der Waals surface area contributed by atoms with Gasteiger partial charge in [0, 0.05) is 28.2 Å². The largest absolute Gasteiger partial charge is 0.310 e. The summed E-state index contributed by atoms with van der Waals surface area (Å²) in [6.07, 6.45) is 6.08. The molecule has 2 fully saturated rings. The van der Waals surface area contributed by atoms with Crippen molar-refractivity contribution in [3.05, 3.63) is 0 Å². The predicted molar refractivity (Wildman–Crippen MR) is 67.9 cm³/mol. The Balaban J connectivity index is 1.86. The van der Waals surface area contributed by atoms with Crippen molar-refractivity contribution in [3.8, 4) is 0 Å². The molecular weight excluding hydrogens is 210 g/mol. The van der Waals surface area contributed by atoms with Gasteiger partial charge in [-0.05, 0) is 38.0 Å². The summed E-state index contributed by atoms with van der Waals surface area (Å²) in [4.78, 5) is 0. The summed E-state index contributed by atoms with van der Waals surface area (Å²) in [6.45, 7) is 0. The molecule has 2 unspecified atom stereocenters. The molecule has 1 nitrogen and oxygen atoms in total. The molecule has 3 heteroatoms. The van der Waals surface area contributed by atoms with E-state index in [2.05, 4.69) is 23.5 Å². The van der Waals surface area contributed by atoms with E-state index in [1.807, 2.05) is 0 Å². The van der Waals surface area contributed by atoms with Crippen LogP contribution in [0.5, 0.6) is 0 Å². The van der Waals surface area contributed by atoms with E-state index >= 15 is 0 Å². The van der Waals surface area contributed by atoms with Gasteiger partial charge >= 0.3 is 0 Å². The first kappa shape index (κ1) is 10.9. The summed E-state index contributed by atoms with van der Waals surface area (Å²) >= 11 is 4.32. The van der Waals surface area contributed by atoms with E-state index in [-0.39, 0.29) is 0 Å². The summed E-state index contributed by atoms with van der Waals surface area (Å²) in [5.74, 6) is 4.98. The van der Waals surface area contributed by atoms with Crippen LogP contribution in [-0.4, -0.2) is 28.2 Å². The molecule has 2 rings (SSSR count). The number of nitrogens with one attached hydrogen (secondary N) is 1. The summed E-state index contributed by atoms with van der Waals surface area (Å²) < 4.78 is 0. The Bertz CT molecular complexity index is 199. The minimum Gasteiger partial charge on any atom is -0.310 e. The first-order valence-corrected chi connectivity index (χ1v) is 7.82. The van der Waals surface area contributed by atoms with Gasteiger partial charge in [0.2, 0.25) is 0 Å². The van der Waals surface area contributed by atoms with Crippen LogP contribution in [0, 0.1) is 11.3 Å². The van der Waals surface area contributed by atoms with E-state index in [1.165, 1.54) is 36.5 Å². The second kappa shape index (κ2) is 5.45. The Morgan fingerprint density at radius 3 is 2.86 bits per heavy atom. The standard InChI is InChI=1S/C11H19NS2/c12-10-3-1-2-9(4-5-10)11-8-13-6-7-14-11/h9,11-12H,1-8H2. The third-order valence-electron chi connectivity index (χ3n) is 3.24. The van der Waals surface area contributed by atoms with Crippen LogP contribution in [0.3, 0.4) is 0 Å². The molecule has 80 valence electrons. The maximum absolute atomic E-state index is 7.72. The van der Waals surface area contributed by atoms with Gasteiger partial charge in [0.15, 0.2) is 0 Å². The molecule has 1 aliphatic carbocycles. The van der Waals surface area contributed by atoms with Crippen LogP contribution >= 0.6 is 23.5 Å². The molecule has 2 atom stereocenters. The van der Waals surface area contributed by atoms with Crippen molar-refractivity contribution >= 4 is 29.2 Å². The first-order chi connectivity index (χ1) is 6.86. The van der Waals surface area contributed by atoms with Crippen LogP contribution in [0.1, 0.15) is 32.1 Å². The lowest BCUT2D eigenvalue weighted by Crippen LogP contribution is -2.23. The minimum absolute atomic E-state index is 0.902. The molecule has 0 spiro atoms. The Kier molecular flexibility index (Phi) is 4.24. The zero-order valence-corrected chi connectivity index (χ0v) is 10.3. The van der Waals surface area contributed by atoms with Gasteiger partial charge in [-0.1, -0.05) is 0 Å². The molecule has 0 aromatic heterocycles. The highest BCUT2D eigenvalue weighted by Crippen LogP contribution is 2.35. The van der Waals surface area contributed by atoms with Gasteiger partial charge < -0.3 is 5.41 Å². The lowest BCUT2D eigenvalue weighted by molar-refractivity contribution is 0.463. The highest BCUT2D eigenvalue weighted by Gasteiger charge is 2.25. The van der Waals surface area contributed by atoms with Crippen molar-refractivity contribution in [2.75, 3.05) is 17.3 Å². The van der Waals surface area contributed by atoms with Crippen molar-refractivity contribution < 1.29 is 0 Å². The highest BCUT2D eigenvalue weighted by molar-refractivity contribution is 8.06. The lowest BCUT2D eigenvalue weighted by atomic mass is 9.97. The molecule has 2 aliphatic rings. The molecule has 1 aliphatic heterocycles. The van der Waals surface area contributed by atoms with Crippen LogP contribution < -0.4 is 0 Å². The quantitative estimate of drug-likeness (QED) is 0.696. The lowest BCUT2D eigenvalue weighted by Gasteiger charge is -2.28. The molecule has 1 N–H and O–H groups in total. The SMILES string of the molecule is N=C1CCCC(C2CSCCS2)CC1. The van der Waals surface area contributed by atoms with Gasteiger partial charge in [-0.3, -0.25) is 0 Å². The van der Waals surface area contributed by atoms with Gasteiger partial charge in [-0.25, -0.2) is 0 Å². The molecule has 0 amide bonds. The molecular formula is C11H19NS2. The van der Waals surface area contributed by atoms with Crippen LogP contribution in [0.2, 0.25) is 0 Å². The molecule has 14 heavy (non-hydrogen) atoms. The monoisotopic (exact) mass is 229 g/mol. The zero-order chi connectivity index (χ0) is 9.80. The molecule has 0 aromatic carbocycles. The van der Waals surface area contributed by atoms with E-state index in [4.69, 9.17) is 5.41 Å². The minimum atomic E-state index is 0.902. The average molecular weight is 229 g/mol. The average Bonchev–Trinajstić information content (AvgIpc) is 2.44. The first-order valence-electron chi connectivity index (χ1n) is 5.62. The molecule has 1 saturated carbocycles. The summed E-state index contributed by atoms with van der Waals surface area (Å²) in [6, 6.07) is 0. The normalized spacial score (nSPS) is 35.3. The van der Waals surface area contributed by atoms with Crippen molar-refractivity contribution in [2.45, 2.75) is 37.4 Å². The highest BCUT2D eigenvalue weighted by atomic mass is 32.2. The fourth-order valence-electron chi connectivity index (χ4n) is 2.36. The van der Waals surface area contributed by atoms with Crippen LogP contribution in [0.15, 0.2) is 0 Å². The smallest absolute Gasteiger partial charge is 0.0166 e. The second-order valence-electron chi connectivity index (χ2n) is 4.28. The van der Waals surface area contributed by atoms with E-state index in [1.54, 1.807) is 0 Å². The molecule has 1 heterocycles. The Labute approximate surface area is 95.3 Å². The summed E-state index contributed by atoms with van der Waals surface area (Å²) in [5, 5.41) is 8.62. The fraction of sp³-hybridized carbons (Fsp3) is 0.909. The van der Waals surface area contributed by atoms with Gasteiger partial charge in [-0.15, -0.1) is 0 Å². The van der Waals surface area contributed by atoms with Gasteiger partial charge in [0.1, 0.15) is 0 Å². The van der Waals surface area contributed by atoms with E-state index in [9.17, 15) is 0 Å². The maximum Gasteiger partial charge on any atom is 0.0166 e. The van der Waals surface area contributed by atoms with E-state index in [0.717, 1.165) is 29.7 Å². The molecule has 0 aromatic rings. The number of hydrogen-bond acceptors (Lipinski definition) is 3. The van der Waals surface area contributed by atoms with Crippen LogP contribution in [0.25, 0.3) is 0 Å². The summed E-state index contributed by atoms with van der Waals surface area (Å²) in [7, 11) is 0. The van der Waals surface area contributed by atoms with Crippen LogP contribution in [-0.2, 0) is 0 Å². The number of hydrogen-bond donors (Lipinski definition) is 1. The number of thioether (sulfide) groups is 2. The second-order valence-corrected chi connectivity index (χ2v) is 6.78. The van der Waals surface area contributed by atoms with Crippen molar-refractivity contribution in [3.63, 3.8) is 0 Å². The Morgan fingerprint density at radius 2 is 2.07 bits per heavy atom. The predicted octanol–water partition coefficient (Wildman–Crippen LogP) is 3.44.